The van der Waals surface area contributed by atoms with Crippen LogP contribution in [0.1, 0.15) is 25.7 Å². The molecule has 1 aromatic carbocycles. The number of carboxylic acids is 1. The third-order valence-corrected chi connectivity index (χ3v) is 7.35. The maximum Gasteiger partial charge on any atom is 0.323 e. The van der Waals surface area contributed by atoms with Crippen molar-refractivity contribution in [2.75, 3.05) is 18.4 Å². The zero-order chi connectivity index (χ0) is 25.4. The minimum Gasteiger partial charge on any atom is -0.480 e. The summed E-state index contributed by atoms with van der Waals surface area (Å²) < 4.78 is 27.3. The number of H-pyrrole nitrogens is 1. The SMILES string of the molecule is O=C(CC1CC(CCCNc2ncc[nH]2)=NO1)NCC(NS(=O)(=O)c1c(Cl)cccc1Cl)C(=O)O. The molecule has 0 spiro atoms. The number of aromatic nitrogens is 2. The Bertz CT molecular complexity index is 1150. The first-order chi connectivity index (χ1) is 16.7. The molecular formula is C20H24Cl2N6O6S. The van der Waals surface area contributed by atoms with E-state index < -0.39 is 45.5 Å². The maximum atomic E-state index is 12.6. The molecule has 0 fully saturated rings. The fraction of sp³-hybridized carbons (Fsp3) is 0.400. The van der Waals surface area contributed by atoms with E-state index in [0.717, 1.165) is 12.1 Å². The van der Waals surface area contributed by atoms with Gasteiger partial charge in [0.05, 0.1) is 22.2 Å². The van der Waals surface area contributed by atoms with Crippen LogP contribution in [0.5, 0.6) is 0 Å². The van der Waals surface area contributed by atoms with Crippen molar-refractivity contribution in [1.82, 2.24) is 20.0 Å². The lowest BCUT2D eigenvalue weighted by molar-refractivity contribution is -0.138. The molecule has 1 amide bonds. The van der Waals surface area contributed by atoms with Gasteiger partial charge in [-0.2, -0.15) is 4.72 Å². The number of hydrogen-bond donors (Lipinski definition) is 5. The maximum absolute atomic E-state index is 12.6. The van der Waals surface area contributed by atoms with Gasteiger partial charge in [0.1, 0.15) is 17.0 Å². The number of benzene rings is 1. The number of rotatable bonds is 13. The molecule has 3 rings (SSSR count). The highest BCUT2D eigenvalue weighted by atomic mass is 35.5. The van der Waals surface area contributed by atoms with Crippen molar-refractivity contribution in [3.05, 3.63) is 40.6 Å². The number of anilines is 1. The van der Waals surface area contributed by atoms with Crippen molar-refractivity contribution in [1.29, 1.82) is 0 Å². The van der Waals surface area contributed by atoms with Gasteiger partial charge in [-0.05, 0) is 25.0 Å². The zero-order valence-electron chi connectivity index (χ0n) is 18.3. The van der Waals surface area contributed by atoms with Crippen molar-refractivity contribution in [3.8, 4) is 0 Å². The number of carboxylic acid groups (broad SMARTS) is 1. The molecule has 1 aliphatic heterocycles. The summed E-state index contributed by atoms with van der Waals surface area (Å²) in [7, 11) is -4.37. The second kappa shape index (κ2) is 12.2. The van der Waals surface area contributed by atoms with Crippen molar-refractivity contribution < 1.29 is 28.0 Å². The Hall–Kier alpha value is -2.87. The first-order valence-electron chi connectivity index (χ1n) is 10.6. The summed E-state index contributed by atoms with van der Waals surface area (Å²) in [4.78, 5) is 35.7. The number of nitrogens with zero attached hydrogens (tertiary/aromatic N) is 2. The summed E-state index contributed by atoms with van der Waals surface area (Å²) in [6.07, 6.45) is 4.76. The molecule has 12 nitrogen and oxygen atoms in total. The van der Waals surface area contributed by atoms with E-state index in [2.05, 4.69) is 25.8 Å². The summed E-state index contributed by atoms with van der Waals surface area (Å²) in [5.74, 6) is -1.31. The fourth-order valence-electron chi connectivity index (χ4n) is 3.26. The van der Waals surface area contributed by atoms with Gasteiger partial charge < -0.3 is 25.6 Å². The zero-order valence-corrected chi connectivity index (χ0v) is 20.7. The molecule has 190 valence electrons. The second-order valence-corrected chi connectivity index (χ2v) is 10.1. The predicted octanol–water partition coefficient (Wildman–Crippen LogP) is 1.99. The average molecular weight is 547 g/mol. The molecule has 2 heterocycles. The van der Waals surface area contributed by atoms with Crippen LogP contribution >= 0.6 is 23.2 Å². The topological polar surface area (TPSA) is 175 Å². The first-order valence-corrected chi connectivity index (χ1v) is 12.8. The highest BCUT2D eigenvalue weighted by Crippen LogP contribution is 2.28. The van der Waals surface area contributed by atoms with E-state index in [9.17, 15) is 23.1 Å². The van der Waals surface area contributed by atoms with E-state index in [4.69, 9.17) is 28.0 Å². The smallest absolute Gasteiger partial charge is 0.323 e. The van der Waals surface area contributed by atoms with E-state index in [0.29, 0.717) is 25.3 Å². The molecule has 1 aromatic heterocycles. The molecule has 0 bridgehead atoms. The number of oxime groups is 1. The second-order valence-electron chi connectivity index (χ2n) is 7.63. The van der Waals surface area contributed by atoms with Crippen LogP contribution in [-0.4, -0.2) is 66.3 Å². The van der Waals surface area contributed by atoms with Crippen LogP contribution in [0.3, 0.4) is 0 Å². The highest BCUT2D eigenvalue weighted by molar-refractivity contribution is 7.89. The summed E-state index contributed by atoms with van der Waals surface area (Å²) >= 11 is 11.8. The Morgan fingerprint density at radius 2 is 2.03 bits per heavy atom. The molecule has 15 heteroatoms. The van der Waals surface area contributed by atoms with Gasteiger partial charge >= 0.3 is 5.97 Å². The molecule has 1 aliphatic rings. The van der Waals surface area contributed by atoms with Gasteiger partial charge in [0.2, 0.25) is 15.9 Å². The van der Waals surface area contributed by atoms with Crippen LogP contribution in [0.2, 0.25) is 10.0 Å². The van der Waals surface area contributed by atoms with E-state index in [-0.39, 0.29) is 16.5 Å². The molecule has 0 saturated carbocycles. The van der Waals surface area contributed by atoms with Gasteiger partial charge in [0.25, 0.3) is 0 Å². The van der Waals surface area contributed by atoms with E-state index in [1.807, 2.05) is 4.72 Å². The molecular weight excluding hydrogens is 523 g/mol. The van der Waals surface area contributed by atoms with Crippen LogP contribution in [-0.2, 0) is 24.4 Å². The van der Waals surface area contributed by atoms with Gasteiger partial charge in [0.15, 0.2) is 5.95 Å². The van der Waals surface area contributed by atoms with Crippen LogP contribution in [0, 0.1) is 0 Å². The Labute approximate surface area is 211 Å². The van der Waals surface area contributed by atoms with Crippen LogP contribution in [0.15, 0.2) is 40.6 Å². The van der Waals surface area contributed by atoms with E-state index in [1.54, 1.807) is 12.4 Å². The van der Waals surface area contributed by atoms with Gasteiger partial charge in [-0.1, -0.05) is 34.4 Å². The Morgan fingerprint density at radius 3 is 2.69 bits per heavy atom. The predicted molar refractivity (Wildman–Crippen MR) is 129 cm³/mol. The highest BCUT2D eigenvalue weighted by Gasteiger charge is 2.30. The largest absolute Gasteiger partial charge is 0.480 e. The minimum absolute atomic E-state index is 0.0624. The number of nitrogens with one attached hydrogen (secondary N) is 4. The summed E-state index contributed by atoms with van der Waals surface area (Å²) in [5.41, 5.74) is 0.817. The van der Waals surface area contributed by atoms with Crippen molar-refractivity contribution in [3.63, 3.8) is 0 Å². The number of carbonyl (C=O) groups excluding carboxylic acids is 1. The molecule has 0 aliphatic carbocycles. The number of halogens is 2. The fourth-order valence-corrected chi connectivity index (χ4v) is 5.60. The van der Waals surface area contributed by atoms with Crippen LogP contribution in [0.4, 0.5) is 5.95 Å². The number of hydrogen-bond acceptors (Lipinski definition) is 8. The minimum atomic E-state index is -4.37. The Morgan fingerprint density at radius 1 is 1.29 bits per heavy atom. The first kappa shape index (κ1) is 26.7. The number of imidazole rings is 1. The normalized spacial score (nSPS) is 16.3. The molecule has 0 radical (unpaired) electrons. The van der Waals surface area contributed by atoms with E-state index in [1.165, 1.54) is 18.2 Å². The Kier molecular flexibility index (Phi) is 9.32. The monoisotopic (exact) mass is 546 g/mol. The number of amides is 1. The summed E-state index contributed by atoms with van der Waals surface area (Å²) in [6, 6.07) is 2.44. The molecule has 5 N–H and O–H groups in total. The number of aliphatic carboxylic acids is 1. The van der Waals surface area contributed by atoms with Gasteiger partial charge in [0, 0.05) is 31.9 Å². The third-order valence-electron chi connectivity index (χ3n) is 4.93. The standard InChI is InChI=1S/C20H24Cl2N6O6S/c21-14-4-1-5-15(22)18(14)35(32,33)28-16(19(30)31)11-26-17(29)10-13-9-12(27-34-13)3-2-6-23-20-24-7-8-25-20/h1,4-5,7-8,13,16,28H,2-3,6,9-11H2,(H,26,29)(H,30,31)(H2,23,24,25). The molecule has 2 atom stereocenters. The number of carbonyl (C=O) groups is 2. The van der Waals surface area contributed by atoms with Crippen LogP contribution < -0.4 is 15.4 Å². The molecule has 0 saturated heterocycles. The average Bonchev–Trinajstić information content (AvgIpc) is 3.46. The third kappa shape index (κ3) is 7.82. The number of aromatic amines is 1. The van der Waals surface area contributed by atoms with Gasteiger partial charge in [-0.3, -0.25) is 9.59 Å². The lowest BCUT2D eigenvalue weighted by atomic mass is 10.1. The summed E-state index contributed by atoms with van der Waals surface area (Å²) in [5, 5.41) is 18.6. The molecule has 35 heavy (non-hydrogen) atoms. The van der Waals surface area contributed by atoms with Crippen LogP contribution in [0.25, 0.3) is 0 Å². The van der Waals surface area contributed by atoms with Crippen molar-refractivity contribution in [2.45, 2.75) is 42.7 Å². The van der Waals surface area contributed by atoms with E-state index >= 15 is 0 Å². The van der Waals surface area contributed by atoms with Crippen molar-refractivity contribution >= 4 is 56.8 Å². The molecule has 2 unspecified atom stereocenters. The number of sulfonamides is 1. The lowest BCUT2D eigenvalue weighted by Crippen LogP contribution is -2.48. The van der Waals surface area contributed by atoms with Gasteiger partial charge in [-0.15, -0.1) is 0 Å². The van der Waals surface area contributed by atoms with Gasteiger partial charge in [-0.25, -0.2) is 13.4 Å². The summed E-state index contributed by atoms with van der Waals surface area (Å²) in [6.45, 7) is 0.192. The molecule has 2 aromatic rings. The lowest BCUT2D eigenvalue weighted by Gasteiger charge is -2.17. The van der Waals surface area contributed by atoms with Crippen molar-refractivity contribution in [2.24, 2.45) is 5.16 Å². The Balaban J connectivity index is 1.42. The quantitative estimate of drug-likeness (QED) is 0.237.